The van der Waals surface area contributed by atoms with Gasteiger partial charge < -0.3 is 9.64 Å². The van der Waals surface area contributed by atoms with Crippen molar-refractivity contribution in [2.24, 2.45) is 5.92 Å². The fourth-order valence-corrected chi connectivity index (χ4v) is 2.05. The second-order valence-electron chi connectivity index (χ2n) is 4.92. The highest BCUT2D eigenvalue weighted by atomic mass is 79.9. The summed E-state index contributed by atoms with van der Waals surface area (Å²) >= 11 is 3.44. The van der Waals surface area contributed by atoms with Crippen molar-refractivity contribution in [3.05, 3.63) is 29.8 Å². The zero-order chi connectivity index (χ0) is 14.4. The van der Waals surface area contributed by atoms with E-state index >= 15 is 0 Å². The van der Waals surface area contributed by atoms with Crippen molar-refractivity contribution < 1.29 is 9.53 Å². The Morgan fingerprint density at radius 1 is 1.32 bits per heavy atom. The molecule has 0 aliphatic heterocycles. The predicted molar refractivity (Wildman–Crippen MR) is 81.6 cm³/mol. The number of hydrogen-bond donors (Lipinski definition) is 0. The van der Waals surface area contributed by atoms with Crippen LogP contribution in [0.2, 0.25) is 0 Å². The Morgan fingerprint density at radius 2 is 1.89 bits per heavy atom. The van der Waals surface area contributed by atoms with Crippen LogP contribution in [0.3, 0.4) is 0 Å². The normalized spacial score (nSPS) is 12.3. The van der Waals surface area contributed by atoms with E-state index in [1.165, 1.54) is 0 Å². The quantitative estimate of drug-likeness (QED) is 0.749. The van der Waals surface area contributed by atoms with Crippen molar-refractivity contribution in [2.75, 3.05) is 13.7 Å². The Hall–Kier alpha value is -1.03. The first-order chi connectivity index (χ1) is 8.95. The maximum absolute atomic E-state index is 12.1. The van der Waals surface area contributed by atoms with Gasteiger partial charge in [-0.25, -0.2) is 0 Å². The molecule has 4 heteroatoms. The maximum atomic E-state index is 12.1. The average Bonchev–Trinajstić information content (AvgIpc) is 2.39. The Morgan fingerprint density at radius 3 is 2.37 bits per heavy atom. The molecule has 0 saturated carbocycles. The van der Waals surface area contributed by atoms with Gasteiger partial charge in [0.1, 0.15) is 5.75 Å². The molecule has 1 aromatic carbocycles. The monoisotopic (exact) mass is 327 g/mol. The van der Waals surface area contributed by atoms with E-state index in [0.29, 0.717) is 13.2 Å². The molecule has 1 amide bonds. The van der Waals surface area contributed by atoms with Crippen molar-refractivity contribution in [1.82, 2.24) is 4.90 Å². The van der Waals surface area contributed by atoms with E-state index in [2.05, 4.69) is 15.9 Å². The average molecular weight is 328 g/mol. The topological polar surface area (TPSA) is 29.5 Å². The molecular weight excluding hydrogens is 306 g/mol. The van der Waals surface area contributed by atoms with Gasteiger partial charge in [0.2, 0.25) is 5.91 Å². The van der Waals surface area contributed by atoms with Crippen molar-refractivity contribution in [1.29, 1.82) is 0 Å². The summed E-state index contributed by atoms with van der Waals surface area (Å²) in [4.78, 5) is 13.7. The molecule has 3 nitrogen and oxygen atoms in total. The first-order valence-corrected chi connectivity index (χ1v) is 7.48. The lowest BCUT2D eigenvalue weighted by Crippen LogP contribution is -2.35. The number of benzene rings is 1. The molecule has 1 atom stereocenters. The van der Waals surface area contributed by atoms with Crippen molar-refractivity contribution in [2.45, 2.75) is 32.1 Å². The van der Waals surface area contributed by atoms with Crippen LogP contribution in [0.5, 0.6) is 5.75 Å². The summed E-state index contributed by atoms with van der Waals surface area (Å²) in [6.07, 6.45) is 0. The summed E-state index contributed by atoms with van der Waals surface area (Å²) in [5.74, 6) is 1.26. The lowest BCUT2D eigenvalue weighted by molar-refractivity contribution is -0.130. The van der Waals surface area contributed by atoms with Gasteiger partial charge in [-0.15, -0.1) is 0 Å². The van der Waals surface area contributed by atoms with Gasteiger partial charge in [0.05, 0.1) is 11.4 Å². The molecule has 0 N–H and O–H groups in total. The number of amides is 1. The van der Waals surface area contributed by atoms with Crippen molar-refractivity contribution in [3.63, 3.8) is 0 Å². The molecule has 0 aromatic heterocycles. The number of hydrogen-bond acceptors (Lipinski definition) is 2. The molecule has 1 unspecified atom stereocenters. The fourth-order valence-electron chi connectivity index (χ4n) is 1.71. The largest absolute Gasteiger partial charge is 0.494 e. The van der Waals surface area contributed by atoms with Crippen LogP contribution in [0.25, 0.3) is 0 Å². The molecule has 0 saturated heterocycles. The molecule has 106 valence electrons. The lowest BCUT2D eigenvalue weighted by atomic mass is 10.1. The molecule has 0 bridgehead atoms. The third-order valence-electron chi connectivity index (χ3n) is 2.85. The van der Waals surface area contributed by atoms with Gasteiger partial charge in [0, 0.05) is 13.6 Å². The summed E-state index contributed by atoms with van der Waals surface area (Å²) in [6, 6.07) is 7.86. The van der Waals surface area contributed by atoms with Gasteiger partial charge in [-0.2, -0.15) is 0 Å². The predicted octanol–water partition coefficient (Wildman–Crippen LogP) is 3.46. The molecule has 19 heavy (non-hydrogen) atoms. The smallest absolute Gasteiger partial charge is 0.236 e. The van der Waals surface area contributed by atoms with Crippen molar-refractivity contribution >= 4 is 21.8 Å². The molecular formula is C15H22BrNO2. The summed E-state index contributed by atoms with van der Waals surface area (Å²) < 4.78 is 5.39. The highest BCUT2D eigenvalue weighted by Crippen LogP contribution is 2.17. The molecule has 0 fully saturated rings. The second-order valence-corrected chi connectivity index (χ2v) is 5.90. The van der Waals surface area contributed by atoms with Crippen LogP contribution in [0, 0.1) is 5.92 Å². The number of carbonyl (C=O) groups is 1. The summed E-state index contributed by atoms with van der Waals surface area (Å²) in [6.45, 7) is 7.30. The van der Waals surface area contributed by atoms with Crippen LogP contribution in [0.4, 0.5) is 0 Å². The van der Waals surface area contributed by atoms with E-state index in [4.69, 9.17) is 4.74 Å². The van der Waals surface area contributed by atoms with Crippen LogP contribution < -0.4 is 4.74 Å². The van der Waals surface area contributed by atoms with Gasteiger partial charge in [0.15, 0.2) is 0 Å². The number of rotatable bonds is 6. The molecule has 0 aliphatic carbocycles. The molecule has 0 radical (unpaired) electrons. The van der Waals surface area contributed by atoms with Gasteiger partial charge >= 0.3 is 0 Å². The number of nitrogens with zero attached hydrogens (tertiary/aromatic N) is 1. The van der Waals surface area contributed by atoms with Crippen LogP contribution >= 0.6 is 15.9 Å². The lowest BCUT2D eigenvalue weighted by Gasteiger charge is -2.22. The highest BCUT2D eigenvalue weighted by molar-refractivity contribution is 9.10. The van der Waals surface area contributed by atoms with Gasteiger partial charge in [-0.05, 0) is 30.5 Å². The maximum Gasteiger partial charge on any atom is 0.236 e. The number of ether oxygens (including phenoxy) is 1. The molecule has 1 aromatic rings. The first-order valence-electron chi connectivity index (χ1n) is 6.56. The number of carbonyl (C=O) groups excluding carboxylic acids is 1. The van der Waals surface area contributed by atoms with Crippen LogP contribution in [0.1, 0.15) is 26.3 Å². The van der Waals surface area contributed by atoms with Crippen LogP contribution in [0.15, 0.2) is 24.3 Å². The van der Waals surface area contributed by atoms with E-state index in [0.717, 1.165) is 11.3 Å². The second kappa shape index (κ2) is 7.53. The minimum absolute atomic E-state index is 0.115. The van der Waals surface area contributed by atoms with Gasteiger partial charge in [-0.1, -0.05) is 41.9 Å². The highest BCUT2D eigenvalue weighted by Gasteiger charge is 2.22. The fraction of sp³-hybridized carbons (Fsp3) is 0.533. The molecule has 0 aliphatic rings. The third kappa shape index (κ3) is 4.86. The molecule has 1 rings (SSSR count). The Labute approximate surface area is 124 Å². The van der Waals surface area contributed by atoms with E-state index in [-0.39, 0.29) is 16.7 Å². The van der Waals surface area contributed by atoms with E-state index in [1.807, 2.05) is 52.1 Å². The van der Waals surface area contributed by atoms with Crippen LogP contribution in [-0.2, 0) is 11.3 Å². The van der Waals surface area contributed by atoms with Gasteiger partial charge in [-0.3, -0.25) is 4.79 Å². The first kappa shape index (κ1) is 16.0. The summed E-state index contributed by atoms with van der Waals surface area (Å²) in [5.41, 5.74) is 1.10. The van der Waals surface area contributed by atoms with Crippen molar-refractivity contribution in [3.8, 4) is 5.75 Å². The zero-order valence-electron chi connectivity index (χ0n) is 12.0. The zero-order valence-corrected chi connectivity index (χ0v) is 13.6. The minimum atomic E-state index is -0.125. The van der Waals surface area contributed by atoms with E-state index in [1.54, 1.807) is 4.90 Å². The molecule has 0 spiro atoms. The van der Waals surface area contributed by atoms with E-state index < -0.39 is 0 Å². The molecule has 0 heterocycles. The third-order valence-corrected chi connectivity index (χ3v) is 4.30. The van der Waals surface area contributed by atoms with E-state index in [9.17, 15) is 4.79 Å². The Bertz CT molecular complexity index is 403. The SMILES string of the molecule is CCOc1ccc(CN(C)C(=O)C(Br)C(C)C)cc1. The standard InChI is InChI=1S/C15H22BrNO2/c1-5-19-13-8-6-12(7-9-13)10-17(4)15(18)14(16)11(2)3/h6-9,11,14H,5,10H2,1-4H3. The summed E-state index contributed by atoms with van der Waals surface area (Å²) in [5, 5.41) is 0. The Kier molecular flexibility index (Phi) is 6.35. The van der Waals surface area contributed by atoms with Crippen LogP contribution in [-0.4, -0.2) is 29.3 Å². The number of halogens is 1. The number of alkyl halides is 1. The van der Waals surface area contributed by atoms with Gasteiger partial charge in [0.25, 0.3) is 0 Å². The summed E-state index contributed by atoms with van der Waals surface area (Å²) in [7, 11) is 1.83. The Balaban J connectivity index is 2.61. The minimum Gasteiger partial charge on any atom is -0.494 e.